The molecule has 3 heteroatoms. The number of methoxy groups -OCH3 is 1. The van der Waals surface area contributed by atoms with E-state index in [4.69, 9.17) is 4.74 Å². The molecule has 2 saturated carbocycles. The predicted octanol–water partition coefficient (Wildman–Crippen LogP) is 5.23. The van der Waals surface area contributed by atoms with Gasteiger partial charge in [-0.3, -0.25) is 0 Å². The summed E-state index contributed by atoms with van der Waals surface area (Å²) in [5.41, 5.74) is 2.34. The molecule has 0 aliphatic heterocycles. The maximum atomic E-state index is 11.4. The lowest BCUT2D eigenvalue weighted by atomic mass is 9.53. The number of benzene rings is 1. The Morgan fingerprint density at radius 1 is 1.29 bits per heavy atom. The molecule has 2 nitrogen and oxygen atoms in total. The zero-order valence-electron chi connectivity index (χ0n) is 14.6. The van der Waals surface area contributed by atoms with Gasteiger partial charge in [-0.25, -0.2) is 0 Å². The lowest BCUT2D eigenvalue weighted by molar-refractivity contribution is -0.0719. The van der Waals surface area contributed by atoms with Crippen LogP contribution >= 0.6 is 22.6 Å². The van der Waals surface area contributed by atoms with Crippen molar-refractivity contribution in [2.75, 3.05) is 7.11 Å². The highest BCUT2D eigenvalue weighted by atomic mass is 127. The molecule has 3 aliphatic rings. The fraction of sp³-hybridized carbons (Fsp3) is 0.619. The maximum Gasteiger partial charge on any atom is 0.119 e. The number of ether oxygens (including phenoxy) is 1. The second kappa shape index (κ2) is 5.73. The zero-order chi connectivity index (χ0) is 17.1. The van der Waals surface area contributed by atoms with Gasteiger partial charge in [-0.2, -0.15) is 0 Å². The van der Waals surface area contributed by atoms with E-state index in [1.54, 1.807) is 7.11 Å². The molecule has 0 radical (unpaired) electrons. The summed E-state index contributed by atoms with van der Waals surface area (Å²) in [6, 6.07) is 6.65. The standard InChI is InChI=1S/C21H27IO2/c1-13(22)21(23)11-9-19-18-6-4-14-12-15(24-3)5-7-16(14)17(18)8-10-20(19,21)2/h5,7,12,17-19,23H,1,4,6,8-11H2,2-3H3/t17-,18-,19+,20+,21-/m1/s1. The molecular formula is C21H27IO2. The third kappa shape index (κ3) is 2.16. The van der Waals surface area contributed by atoms with Crippen LogP contribution in [0.5, 0.6) is 5.75 Å². The van der Waals surface area contributed by atoms with E-state index in [9.17, 15) is 5.11 Å². The molecular weight excluding hydrogens is 411 g/mol. The summed E-state index contributed by atoms with van der Waals surface area (Å²) in [5.74, 6) is 2.95. The van der Waals surface area contributed by atoms with Crippen molar-refractivity contribution in [2.24, 2.45) is 17.3 Å². The number of rotatable bonds is 2. The van der Waals surface area contributed by atoms with Gasteiger partial charge in [0.2, 0.25) is 0 Å². The highest BCUT2D eigenvalue weighted by Crippen LogP contribution is 2.66. The highest BCUT2D eigenvalue weighted by Gasteiger charge is 2.62. The normalized spacial score (nSPS) is 40.4. The Kier molecular flexibility index (Phi) is 4.03. The second-order valence-corrected chi connectivity index (χ2v) is 9.54. The molecule has 1 N–H and O–H groups in total. The molecule has 4 rings (SSSR count). The molecule has 0 amide bonds. The van der Waals surface area contributed by atoms with E-state index in [0.717, 1.165) is 35.0 Å². The smallest absolute Gasteiger partial charge is 0.119 e. The summed E-state index contributed by atoms with van der Waals surface area (Å²) in [4.78, 5) is 0. The van der Waals surface area contributed by atoms with Crippen LogP contribution in [0.1, 0.15) is 56.1 Å². The molecule has 3 aliphatic carbocycles. The first-order chi connectivity index (χ1) is 11.4. The minimum absolute atomic E-state index is 0.00356. The minimum atomic E-state index is -0.677. The average Bonchev–Trinajstić information content (AvgIpc) is 2.87. The molecule has 5 atom stereocenters. The summed E-state index contributed by atoms with van der Waals surface area (Å²) < 4.78 is 6.35. The van der Waals surface area contributed by atoms with E-state index >= 15 is 0 Å². The van der Waals surface area contributed by atoms with Crippen LogP contribution < -0.4 is 4.74 Å². The van der Waals surface area contributed by atoms with Crippen LogP contribution in [0.15, 0.2) is 28.4 Å². The fourth-order valence-corrected chi connectivity index (χ4v) is 7.03. The lowest BCUT2D eigenvalue weighted by Crippen LogP contribution is -2.50. The highest BCUT2D eigenvalue weighted by molar-refractivity contribution is 14.1. The first-order valence-electron chi connectivity index (χ1n) is 9.15. The first-order valence-corrected chi connectivity index (χ1v) is 10.2. The summed E-state index contributed by atoms with van der Waals surface area (Å²) in [5, 5.41) is 11.4. The molecule has 0 unspecified atom stereocenters. The molecule has 1 aromatic carbocycles. The van der Waals surface area contributed by atoms with Crippen molar-refractivity contribution in [3.05, 3.63) is 39.5 Å². The Bertz CT molecular complexity index is 684. The Labute approximate surface area is 158 Å². The van der Waals surface area contributed by atoms with Crippen molar-refractivity contribution in [1.29, 1.82) is 0 Å². The Morgan fingerprint density at radius 2 is 2.08 bits per heavy atom. The number of hydrogen-bond acceptors (Lipinski definition) is 2. The van der Waals surface area contributed by atoms with Crippen LogP contribution in [-0.2, 0) is 6.42 Å². The molecule has 24 heavy (non-hydrogen) atoms. The molecule has 0 saturated heterocycles. The van der Waals surface area contributed by atoms with Gasteiger partial charge in [0.15, 0.2) is 0 Å². The average molecular weight is 438 g/mol. The summed E-state index contributed by atoms with van der Waals surface area (Å²) in [6.07, 6.45) is 6.70. The third-order valence-corrected chi connectivity index (χ3v) is 8.43. The van der Waals surface area contributed by atoms with Crippen molar-refractivity contribution >= 4 is 22.6 Å². The van der Waals surface area contributed by atoms with E-state index in [1.807, 2.05) is 0 Å². The topological polar surface area (TPSA) is 29.5 Å². The molecule has 0 heterocycles. The molecule has 0 spiro atoms. The number of aryl methyl sites for hydroxylation is 1. The van der Waals surface area contributed by atoms with Gasteiger partial charge in [-0.1, -0.05) is 19.6 Å². The molecule has 0 aromatic heterocycles. The van der Waals surface area contributed by atoms with Gasteiger partial charge >= 0.3 is 0 Å². The van der Waals surface area contributed by atoms with Gasteiger partial charge in [0, 0.05) is 8.99 Å². The molecule has 130 valence electrons. The van der Waals surface area contributed by atoms with E-state index in [0.29, 0.717) is 17.8 Å². The number of fused-ring (bicyclic) bond motifs is 5. The molecule has 1 aromatic rings. The van der Waals surface area contributed by atoms with Crippen LogP contribution in [0.3, 0.4) is 0 Å². The van der Waals surface area contributed by atoms with Gasteiger partial charge in [-0.05, 0) is 102 Å². The Balaban J connectivity index is 1.69. The summed E-state index contributed by atoms with van der Waals surface area (Å²) in [6.45, 7) is 6.45. The second-order valence-electron chi connectivity index (χ2n) is 8.24. The number of hydrogen-bond donors (Lipinski definition) is 1. The van der Waals surface area contributed by atoms with Crippen LogP contribution in [0.25, 0.3) is 0 Å². The van der Waals surface area contributed by atoms with Crippen LogP contribution in [-0.4, -0.2) is 17.8 Å². The van der Waals surface area contributed by atoms with Crippen molar-refractivity contribution in [3.63, 3.8) is 0 Å². The van der Waals surface area contributed by atoms with Gasteiger partial charge in [0.1, 0.15) is 11.4 Å². The monoisotopic (exact) mass is 438 g/mol. The van der Waals surface area contributed by atoms with Crippen molar-refractivity contribution in [1.82, 2.24) is 0 Å². The SMILES string of the molecule is C=C(I)[C@]1(O)CC[C@H]2[C@@H]3CCc4cc(OC)ccc4[C@H]3CC[C@@]21C. The van der Waals surface area contributed by atoms with E-state index in [1.165, 1.54) is 24.0 Å². The fourth-order valence-electron chi connectivity index (χ4n) is 6.15. The largest absolute Gasteiger partial charge is 0.497 e. The Hall–Kier alpha value is -0.550. The van der Waals surface area contributed by atoms with Gasteiger partial charge in [0.05, 0.1) is 7.11 Å². The van der Waals surface area contributed by atoms with Crippen molar-refractivity contribution in [3.8, 4) is 5.75 Å². The van der Waals surface area contributed by atoms with Gasteiger partial charge in [-0.15, -0.1) is 0 Å². The Morgan fingerprint density at radius 3 is 2.79 bits per heavy atom. The minimum Gasteiger partial charge on any atom is -0.497 e. The van der Waals surface area contributed by atoms with Crippen molar-refractivity contribution < 1.29 is 9.84 Å². The van der Waals surface area contributed by atoms with E-state index in [2.05, 4.69) is 54.3 Å². The van der Waals surface area contributed by atoms with E-state index in [-0.39, 0.29) is 5.41 Å². The quantitative estimate of drug-likeness (QED) is 0.641. The zero-order valence-corrected chi connectivity index (χ0v) is 16.8. The van der Waals surface area contributed by atoms with Gasteiger partial charge < -0.3 is 9.84 Å². The van der Waals surface area contributed by atoms with Crippen molar-refractivity contribution in [2.45, 2.75) is 57.0 Å². The summed E-state index contributed by atoms with van der Waals surface area (Å²) in [7, 11) is 1.75. The van der Waals surface area contributed by atoms with E-state index < -0.39 is 5.60 Å². The molecule has 2 fully saturated rings. The molecule has 0 bridgehead atoms. The summed E-state index contributed by atoms with van der Waals surface area (Å²) >= 11 is 2.26. The maximum absolute atomic E-state index is 11.4. The third-order valence-electron chi connectivity index (χ3n) is 7.53. The number of aliphatic hydroxyl groups is 1. The van der Waals surface area contributed by atoms with Crippen LogP contribution in [0.2, 0.25) is 0 Å². The first kappa shape index (κ1) is 16.9. The predicted molar refractivity (Wildman–Crippen MR) is 106 cm³/mol. The number of halogens is 1. The van der Waals surface area contributed by atoms with Gasteiger partial charge in [0.25, 0.3) is 0 Å². The lowest BCUT2D eigenvalue weighted by Gasteiger charge is -2.53. The van der Waals surface area contributed by atoms with Crippen LogP contribution in [0, 0.1) is 17.3 Å². The van der Waals surface area contributed by atoms with Crippen LogP contribution in [0.4, 0.5) is 0 Å².